The van der Waals surface area contributed by atoms with Crippen molar-refractivity contribution in [1.29, 1.82) is 0 Å². The van der Waals surface area contributed by atoms with Crippen LogP contribution >= 0.6 is 12.4 Å². The van der Waals surface area contributed by atoms with E-state index >= 15 is 0 Å². The van der Waals surface area contributed by atoms with E-state index < -0.39 is 0 Å². The first kappa shape index (κ1) is 26.3. The molecule has 0 spiro atoms. The molecule has 0 aliphatic heterocycles. The van der Waals surface area contributed by atoms with E-state index in [0.717, 1.165) is 18.8 Å². The van der Waals surface area contributed by atoms with Crippen LogP contribution in [0.4, 0.5) is 0 Å². The molecule has 3 aromatic rings. The first-order chi connectivity index (χ1) is 15.3. The van der Waals surface area contributed by atoms with Crippen molar-refractivity contribution in [3.05, 3.63) is 95.8 Å². The van der Waals surface area contributed by atoms with Gasteiger partial charge in [-0.05, 0) is 87.8 Å². The summed E-state index contributed by atoms with van der Waals surface area (Å²) in [6.07, 6.45) is 8.20. The normalized spacial score (nSPS) is 11.2. The van der Waals surface area contributed by atoms with Crippen LogP contribution in [0.1, 0.15) is 37.5 Å². The van der Waals surface area contributed by atoms with Gasteiger partial charge in [0.05, 0.1) is 0 Å². The van der Waals surface area contributed by atoms with Gasteiger partial charge in [0, 0.05) is 36.6 Å². The molecule has 0 atom stereocenters. The van der Waals surface area contributed by atoms with Crippen LogP contribution in [0.3, 0.4) is 0 Å². The summed E-state index contributed by atoms with van der Waals surface area (Å²) in [6, 6.07) is 18.8. The molecule has 1 heterocycles. The first-order valence-corrected chi connectivity index (χ1v) is 11.1. The fourth-order valence-corrected chi connectivity index (χ4v) is 3.42. The highest BCUT2D eigenvalue weighted by Gasteiger charge is 2.07. The van der Waals surface area contributed by atoms with Crippen molar-refractivity contribution in [2.45, 2.75) is 40.8 Å². The summed E-state index contributed by atoms with van der Waals surface area (Å²) in [4.78, 5) is 2.26. The zero-order valence-corrected chi connectivity index (χ0v) is 21.2. The SMILES string of the molecule is Cc1c(COc2cccc(CN(C)CC=CC#CC(C)(C)C)c2)cccc1-n1cccc1.Cl. The van der Waals surface area contributed by atoms with Crippen LogP contribution in [0.25, 0.3) is 5.69 Å². The lowest BCUT2D eigenvalue weighted by Gasteiger charge is -2.16. The number of nitrogens with zero attached hydrogens (tertiary/aromatic N) is 2. The number of hydrogen-bond donors (Lipinski definition) is 0. The molecule has 0 N–H and O–H groups in total. The lowest BCUT2D eigenvalue weighted by atomic mass is 9.98. The largest absolute Gasteiger partial charge is 0.489 e. The van der Waals surface area contributed by atoms with Crippen molar-refractivity contribution in [1.82, 2.24) is 9.47 Å². The van der Waals surface area contributed by atoms with Crippen molar-refractivity contribution in [3.63, 3.8) is 0 Å². The maximum Gasteiger partial charge on any atom is 0.120 e. The minimum absolute atomic E-state index is 0. The summed E-state index contributed by atoms with van der Waals surface area (Å²) in [5.41, 5.74) is 4.89. The summed E-state index contributed by atoms with van der Waals surface area (Å²) in [7, 11) is 2.12. The van der Waals surface area contributed by atoms with E-state index in [1.807, 2.05) is 24.3 Å². The number of likely N-dealkylation sites (N-methyl/N-ethyl adjacent to an activating group) is 1. The Hall–Kier alpha value is -2.93. The molecule has 0 radical (unpaired) electrons. The smallest absolute Gasteiger partial charge is 0.120 e. The maximum atomic E-state index is 6.15. The Morgan fingerprint density at radius 1 is 1.03 bits per heavy atom. The van der Waals surface area contributed by atoms with E-state index in [1.165, 1.54) is 22.4 Å². The van der Waals surface area contributed by atoms with Gasteiger partial charge in [-0.15, -0.1) is 12.4 Å². The number of halogens is 1. The number of benzene rings is 2. The molecule has 0 bridgehead atoms. The predicted molar refractivity (Wildman–Crippen MR) is 141 cm³/mol. The average molecular weight is 463 g/mol. The second-order valence-corrected chi connectivity index (χ2v) is 9.21. The second kappa shape index (κ2) is 12.3. The molecule has 0 saturated carbocycles. The van der Waals surface area contributed by atoms with Crippen LogP contribution in [0, 0.1) is 24.2 Å². The molecular weight excluding hydrogens is 428 g/mol. The van der Waals surface area contributed by atoms with Gasteiger partial charge >= 0.3 is 0 Å². The molecule has 0 amide bonds. The highest BCUT2D eigenvalue weighted by Crippen LogP contribution is 2.21. The lowest BCUT2D eigenvalue weighted by Crippen LogP contribution is -2.17. The van der Waals surface area contributed by atoms with Crippen molar-refractivity contribution < 1.29 is 4.74 Å². The van der Waals surface area contributed by atoms with Crippen LogP contribution in [-0.2, 0) is 13.2 Å². The average Bonchev–Trinajstić information content (AvgIpc) is 3.27. The molecule has 0 aliphatic rings. The van der Waals surface area contributed by atoms with Gasteiger partial charge < -0.3 is 9.30 Å². The third kappa shape index (κ3) is 8.50. The molecule has 2 aromatic carbocycles. The van der Waals surface area contributed by atoms with E-state index in [-0.39, 0.29) is 17.8 Å². The molecule has 0 fully saturated rings. The van der Waals surface area contributed by atoms with Gasteiger partial charge in [0.25, 0.3) is 0 Å². The minimum atomic E-state index is 0. The van der Waals surface area contributed by atoms with E-state index in [9.17, 15) is 0 Å². The van der Waals surface area contributed by atoms with Crippen LogP contribution in [0.2, 0.25) is 0 Å². The Labute approximate surface area is 205 Å². The minimum Gasteiger partial charge on any atom is -0.489 e. The van der Waals surface area contributed by atoms with Crippen molar-refractivity contribution in [2.75, 3.05) is 13.6 Å². The van der Waals surface area contributed by atoms with Crippen molar-refractivity contribution >= 4 is 12.4 Å². The monoisotopic (exact) mass is 462 g/mol. The zero-order chi connectivity index (χ0) is 23.0. The van der Waals surface area contributed by atoms with Crippen LogP contribution < -0.4 is 4.74 Å². The number of hydrogen-bond acceptors (Lipinski definition) is 2. The molecule has 0 unspecified atom stereocenters. The van der Waals surface area contributed by atoms with Gasteiger partial charge in [-0.3, -0.25) is 4.90 Å². The summed E-state index contributed by atoms with van der Waals surface area (Å²) < 4.78 is 8.29. The van der Waals surface area contributed by atoms with Crippen LogP contribution in [-0.4, -0.2) is 23.1 Å². The quantitative estimate of drug-likeness (QED) is 0.341. The molecule has 3 rings (SSSR count). The highest BCUT2D eigenvalue weighted by molar-refractivity contribution is 5.85. The topological polar surface area (TPSA) is 17.4 Å². The van der Waals surface area contributed by atoms with Gasteiger partial charge in [-0.25, -0.2) is 0 Å². The number of allylic oxidation sites excluding steroid dienone is 1. The van der Waals surface area contributed by atoms with Crippen molar-refractivity contribution in [3.8, 4) is 23.3 Å². The molecule has 4 heteroatoms. The molecule has 1 aromatic heterocycles. The Kier molecular flexibility index (Phi) is 9.85. The summed E-state index contributed by atoms with van der Waals surface area (Å²) in [5, 5.41) is 0. The predicted octanol–water partition coefficient (Wildman–Crippen LogP) is 6.82. The number of rotatable bonds is 8. The van der Waals surface area contributed by atoms with E-state index in [1.54, 1.807) is 0 Å². The Morgan fingerprint density at radius 3 is 2.48 bits per heavy atom. The molecular formula is C29H35ClN2O. The van der Waals surface area contributed by atoms with E-state index in [2.05, 4.69) is 111 Å². The van der Waals surface area contributed by atoms with Crippen molar-refractivity contribution in [2.24, 2.45) is 5.41 Å². The van der Waals surface area contributed by atoms with Gasteiger partial charge in [0.2, 0.25) is 0 Å². The third-order valence-electron chi connectivity index (χ3n) is 5.11. The third-order valence-corrected chi connectivity index (χ3v) is 5.11. The zero-order valence-electron chi connectivity index (χ0n) is 20.3. The molecule has 0 aliphatic carbocycles. The Balaban J connectivity index is 0.00000385. The second-order valence-electron chi connectivity index (χ2n) is 9.21. The van der Waals surface area contributed by atoms with Gasteiger partial charge in [-0.1, -0.05) is 42.2 Å². The molecule has 33 heavy (non-hydrogen) atoms. The summed E-state index contributed by atoms with van der Waals surface area (Å²) >= 11 is 0. The molecule has 174 valence electrons. The fourth-order valence-electron chi connectivity index (χ4n) is 3.42. The van der Waals surface area contributed by atoms with E-state index in [4.69, 9.17) is 4.74 Å². The van der Waals surface area contributed by atoms with Crippen LogP contribution in [0.5, 0.6) is 5.75 Å². The van der Waals surface area contributed by atoms with Gasteiger partial charge in [0.15, 0.2) is 0 Å². The van der Waals surface area contributed by atoms with E-state index in [0.29, 0.717) is 6.61 Å². The van der Waals surface area contributed by atoms with Crippen LogP contribution in [0.15, 0.2) is 79.1 Å². The Morgan fingerprint density at radius 2 is 1.76 bits per heavy atom. The Bertz CT molecular complexity index is 1100. The van der Waals surface area contributed by atoms with Gasteiger partial charge in [-0.2, -0.15) is 0 Å². The molecule has 0 saturated heterocycles. The fraction of sp³-hybridized carbons (Fsp3) is 0.310. The first-order valence-electron chi connectivity index (χ1n) is 11.1. The standard InChI is InChI=1S/C29H34N2O.ClH/c1-24-26(14-12-16-28(24)31-19-9-10-20-31)23-32-27-15-11-13-25(21-27)22-30(5)18-8-6-7-17-29(2,3)4;/h6,8-16,19-21H,18,22-23H2,1-5H3;1H. The lowest BCUT2D eigenvalue weighted by molar-refractivity contribution is 0.303. The molecule has 3 nitrogen and oxygen atoms in total. The van der Waals surface area contributed by atoms with Gasteiger partial charge in [0.1, 0.15) is 12.4 Å². The maximum absolute atomic E-state index is 6.15. The highest BCUT2D eigenvalue weighted by atomic mass is 35.5. The summed E-state index contributed by atoms with van der Waals surface area (Å²) in [6.45, 7) is 10.8. The number of aromatic nitrogens is 1. The summed E-state index contributed by atoms with van der Waals surface area (Å²) in [5.74, 6) is 7.24. The number of ether oxygens (including phenoxy) is 1.